The van der Waals surface area contributed by atoms with Crippen molar-refractivity contribution in [3.05, 3.63) is 39.9 Å². The molecule has 0 atom stereocenters. The summed E-state index contributed by atoms with van der Waals surface area (Å²) in [5, 5.41) is 14.4. The summed E-state index contributed by atoms with van der Waals surface area (Å²) in [4.78, 5) is 10.6. The van der Waals surface area contributed by atoms with E-state index in [4.69, 9.17) is 0 Å². The van der Waals surface area contributed by atoms with Crippen molar-refractivity contribution in [1.82, 2.24) is 5.32 Å². The van der Waals surface area contributed by atoms with Crippen molar-refractivity contribution in [2.45, 2.75) is 38.6 Å². The predicted molar refractivity (Wildman–Crippen MR) is 71.6 cm³/mol. The molecule has 0 unspecified atom stereocenters. The van der Waals surface area contributed by atoms with Crippen LogP contribution in [0.25, 0.3) is 0 Å². The summed E-state index contributed by atoms with van der Waals surface area (Å²) in [5.41, 5.74) is 1.19. The summed E-state index contributed by atoms with van der Waals surface area (Å²) < 4.78 is 0. The average molecular weight is 248 g/mol. The normalized spacial score (nSPS) is 15.7. The summed E-state index contributed by atoms with van der Waals surface area (Å²) in [7, 11) is 0. The zero-order valence-corrected chi connectivity index (χ0v) is 11.0. The van der Waals surface area contributed by atoms with Crippen LogP contribution in [0, 0.1) is 16.0 Å². The van der Waals surface area contributed by atoms with Crippen LogP contribution in [0.1, 0.15) is 32.3 Å². The molecule has 0 aromatic heterocycles. The average Bonchev–Trinajstić information content (AvgIpc) is 3.13. The summed E-state index contributed by atoms with van der Waals surface area (Å²) >= 11 is 0. The van der Waals surface area contributed by atoms with Gasteiger partial charge < -0.3 is 5.32 Å². The molecule has 4 nitrogen and oxygen atoms in total. The number of para-hydroxylation sites is 1. The number of benzene rings is 1. The van der Waals surface area contributed by atoms with Gasteiger partial charge in [-0.3, -0.25) is 10.1 Å². The molecule has 98 valence electrons. The molecule has 18 heavy (non-hydrogen) atoms. The number of nitrogens with one attached hydrogen (secondary N) is 1. The first-order valence-corrected chi connectivity index (χ1v) is 6.48. The SMILES string of the molecule is CC(C)(NCCc1ccccc1[N+](=O)[O-])C1CC1. The summed E-state index contributed by atoms with van der Waals surface area (Å²) in [5.74, 6) is 0.767. The van der Waals surface area contributed by atoms with Gasteiger partial charge in [-0.25, -0.2) is 0 Å². The quantitative estimate of drug-likeness (QED) is 0.622. The number of nitrogens with zero attached hydrogens (tertiary/aromatic N) is 1. The minimum absolute atomic E-state index is 0.156. The highest BCUT2D eigenvalue weighted by Crippen LogP contribution is 2.39. The fraction of sp³-hybridized carbons (Fsp3) is 0.571. The minimum atomic E-state index is -0.304. The van der Waals surface area contributed by atoms with Crippen molar-refractivity contribution in [1.29, 1.82) is 0 Å². The monoisotopic (exact) mass is 248 g/mol. The molecule has 1 N–H and O–H groups in total. The van der Waals surface area contributed by atoms with Crippen LogP contribution in [-0.4, -0.2) is 17.0 Å². The van der Waals surface area contributed by atoms with E-state index < -0.39 is 0 Å². The first-order valence-electron chi connectivity index (χ1n) is 6.48. The van der Waals surface area contributed by atoms with E-state index in [9.17, 15) is 10.1 Å². The molecule has 2 rings (SSSR count). The van der Waals surface area contributed by atoms with Gasteiger partial charge in [-0.05, 0) is 45.6 Å². The minimum Gasteiger partial charge on any atom is -0.311 e. The lowest BCUT2D eigenvalue weighted by Gasteiger charge is -2.26. The molecular formula is C14H20N2O2. The van der Waals surface area contributed by atoms with Crippen molar-refractivity contribution < 1.29 is 4.92 Å². The van der Waals surface area contributed by atoms with Crippen LogP contribution in [-0.2, 0) is 6.42 Å². The third-order valence-electron chi connectivity index (χ3n) is 3.76. The van der Waals surface area contributed by atoms with Gasteiger partial charge in [0.15, 0.2) is 0 Å². The van der Waals surface area contributed by atoms with Crippen molar-refractivity contribution in [2.24, 2.45) is 5.92 Å². The van der Waals surface area contributed by atoms with Gasteiger partial charge in [-0.2, -0.15) is 0 Å². The Kier molecular flexibility index (Phi) is 3.66. The third-order valence-corrected chi connectivity index (χ3v) is 3.76. The lowest BCUT2D eigenvalue weighted by atomic mass is 9.98. The highest BCUT2D eigenvalue weighted by molar-refractivity contribution is 5.39. The van der Waals surface area contributed by atoms with E-state index in [0.29, 0.717) is 6.42 Å². The van der Waals surface area contributed by atoms with Gasteiger partial charge in [0.1, 0.15) is 0 Å². The van der Waals surface area contributed by atoms with Crippen LogP contribution < -0.4 is 5.32 Å². The second-order valence-corrected chi connectivity index (χ2v) is 5.56. The maximum Gasteiger partial charge on any atom is 0.272 e. The summed E-state index contributed by atoms with van der Waals surface area (Å²) in [6.45, 7) is 5.21. The second-order valence-electron chi connectivity index (χ2n) is 5.56. The molecule has 1 aliphatic rings. The lowest BCUT2D eigenvalue weighted by molar-refractivity contribution is -0.385. The van der Waals surface area contributed by atoms with Gasteiger partial charge in [-0.1, -0.05) is 18.2 Å². The Labute approximate surface area is 108 Å². The van der Waals surface area contributed by atoms with E-state index in [-0.39, 0.29) is 16.1 Å². The van der Waals surface area contributed by atoms with E-state index in [1.807, 2.05) is 12.1 Å². The van der Waals surface area contributed by atoms with E-state index in [2.05, 4.69) is 19.2 Å². The molecule has 0 saturated heterocycles. The molecule has 0 bridgehead atoms. The van der Waals surface area contributed by atoms with Crippen molar-refractivity contribution in [3.8, 4) is 0 Å². The largest absolute Gasteiger partial charge is 0.311 e. The van der Waals surface area contributed by atoms with Crippen LogP contribution >= 0.6 is 0 Å². The zero-order valence-electron chi connectivity index (χ0n) is 11.0. The molecule has 0 aliphatic heterocycles. The fourth-order valence-corrected chi connectivity index (χ4v) is 2.37. The molecule has 1 aromatic rings. The standard InChI is InChI=1S/C14H20N2O2/c1-14(2,12-7-8-12)15-10-9-11-5-3-4-6-13(11)16(17)18/h3-6,12,15H,7-10H2,1-2H3. The Morgan fingerprint density at radius 1 is 1.39 bits per heavy atom. The zero-order chi connectivity index (χ0) is 13.2. The summed E-state index contributed by atoms with van der Waals surface area (Å²) in [6.07, 6.45) is 3.30. The molecular weight excluding hydrogens is 228 g/mol. The fourth-order valence-electron chi connectivity index (χ4n) is 2.37. The van der Waals surface area contributed by atoms with E-state index >= 15 is 0 Å². The van der Waals surface area contributed by atoms with Crippen LogP contribution in [0.2, 0.25) is 0 Å². The van der Waals surface area contributed by atoms with Gasteiger partial charge in [0.05, 0.1) is 4.92 Å². The number of hydrogen-bond donors (Lipinski definition) is 1. The van der Waals surface area contributed by atoms with Crippen LogP contribution in [0.4, 0.5) is 5.69 Å². The van der Waals surface area contributed by atoms with E-state index in [1.165, 1.54) is 12.8 Å². The Bertz CT molecular complexity index is 439. The van der Waals surface area contributed by atoms with Crippen LogP contribution in [0.3, 0.4) is 0 Å². The number of hydrogen-bond acceptors (Lipinski definition) is 3. The molecule has 1 fully saturated rings. The van der Waals surface area contributed by atoms with E-state index in [0.717, 1.165) is 18.0 Å². The topological polar surface area (TPSA) is 55.2 Å². The van der Waals surface area contributed by atoms with Gasteiger partial charge in [-0.15, -0.1) is 0 Å². The highest BCUT2D eigenvalue weighted by atomic mass is 16.6. The number of rotatable bonds is 6. The smallest absolute Gasteiger partial charge is 0.272 e. The van der Waals surface area contributed by atoms with E-state index in [1.54, 1.807) is 12.1 Å². The third kappa shape index (κ3) is 3.07. The van der Waals surface area contributed by atoms with Gasteiger partial charge in [0.25, 0.3) is 5.69 Å². The Morgan fingerprint density at radius 3 is 2.67 bits per heavy atom. The lowest BCUT2D eigenvalue weighted by Crippen LogP contribution is -2.42. The molecule has 0 amide bonds. The number of nitro groups is 1. The molecule has 1 aliphatic carbocycles. The van der Waals surface area contributed by atoms with Gasteiger partial charge in [0, 0.05) is 17.2 Å². The van der Waals surface area contributed by atoms with Crippen molar-refractivity contribution in [3.63, 3.8) is 0 Å². The van der Waals surface area contributed by atoms with Crippen LogP contribution in [0.5, 0.6) is 0 Å². The van der Waals surface area contributed by atoms with Crippen LogP contribution in [0.15, 0.2) is 24.3 Å². The van der Waals surface area contributed by atoms with Crippen molar-refractivity contribution in [2.75, 3.05) is 6.54 Å². The van der Waals surface area contributed by atoms with Gasteiger partial charge in [0.2, 0.25) is 0 Å². The highest BCUT2D eigenvalue weighted by Gasteiger charge is 2.36. The second kappa shape index (κ2) is 5.06. The van der Waals surface area contributed by atoms with Crippen molar-refractivity contribution >= 4 is 5.69 Å². The Morgan fingerprint density at radius 2 is 2.06 bits per heavy atom. The maximum atomic E-state index is 10.9. The molecule has 1 saturated carbocycles. The Balaban J connectivity index is 1.92. The molecule has 4 heteroatoms. The summed E-state index contributed by atoms with van der Waals surface area (Å²) in [6, 6.07) is 6.98. The number of nitro benzene ring substituents is 1. The van der Waals surface area contributed by atoms with Gasteiger partial charge >= 0.3 is 0 Å². The molecule has 1 aromatic carbocycles. The maximum absolute atomic E-state index is 10.9. The molecule has 0 radical (unpaired) electrons. The molecule has 0 spiro atoms. The molecule has 0 heterocycles. The Hall–Kier alpha value is -1.42. The first-order chi connectivity index (χ1) is 8.50. The first kappa shape index (κ1) is 13.0. The predicted octanol–water partition coefficient (Wildman–Crippen LogP) is 2.92.